The molecule has 0 spiro atoms. The Morgan fingerprint density at radius 3 is 2.67 bits per heavy atom. The Morgan fingerprint density at radius 2 is 2.00 bits per heavy atom. The zero-order chi connectivity index (χ0) is 19.6. The number of hydrogen-bond donors (Lipinski definition) is 1. The second-order valence-corrected chi connectivity index (χ2v) is 8.40. The molecule has 2 amide bonds. The predicted octanol–water partition coefficient (Wildman–Crippen LogP) is 2.34. The summed E-state index contributed by atoms with van der Waals surface area (Å²) in [6, 6.07) is 7.37. The second kappa shape index (κ2) is 8.31. The lowest BCUT2D eigenvalue weighted by molar-refractivity contribution is -0.134. The van der Waals surface area contributed by atoms with E-state index in [-0.39, 0.29) is 23.0 Å². The summed E-state index contributed by atoms with van der Waals surface area (Å²) in [4.78, 5) is 25.9. The number of benzene rings is 1. The number of carbonyl (C=O) groups is 2. The molecule has 1 saturated heterocycles. The molecule has 144 valence electrons. The van der Waals surface area contributed by atoms with Crippen molar-refractivity contribution in [3.8, 4) is 11.4 Å². The third-order valence-electron chi connectivity index (χ3n) is 4.70. The molecule has 2 N–H and O–H groups in total. The fourth-order valence-corrected chi connectivity index (χ4v) is 4.17. The van der Waals surface area contributed by atoms with Crippen molar-refractivity contribution in [1.29, 1.82) is 0 Å². The number of nitrogens with two attached hydrogens (primary N) is 1. The van der Waals surface area contributed by atoms with Gasteiger partial charge in [0.25, 0.3) is 0 Å². The topological polar surface area (TPSA) is 94.1 Å². The van der Waals surface area contributed by atoms with Crippen LogP contribution in [0.2, 0.25) is 5.02 Å². The van der Waals surface area contributed by atoms with Crippen LogP contribution in [0.5, 0.6) is 0 Å². The van der Waals surface area contributed by atoms with Crippen LogP contribution in [0.25, 0.3) is 11.4 Å². The SMILES string of the molecule is CC(Sc1nnc(-c2ccc(Cl)cc2)n1C)C(=O)N1CCCC(C(N)=O)C1. The quantitative estimate of drug-likeness (QED) is 0.767. The first-order valence-corrected chi connectivity index (χ1v) is 10.0. The van der Waals surface area contributed by atoms with E-state index in [1.54, 1.807) is 17.0 Å². The van der Waals surface area contributed by atoms with Gasteiger partial charge in [-0.3, -0.25) is 9.59 Å². The number of amides is 2. The average Bonchev–Trinajstić information content (AvgIpc) is 3.02. The highest BCUT2D eigenvalue weighted by Crippen LogP contribution is 2.28. The zero-order valence-corrected chi connectivity index (χ0v) is 16.8. The summed E-state index contributed by atoms with van der Waals surface area (Å²) in [7, 11) is 1.87. The van der Waals surface area contributed by atoms with Crippen LogP contribution in [0.4, 0.5) is 0 Å². The van der Waals surface area contributed by atoms with Crippen LogP contribution in [0.15, 0.2) is 29.4 Å². The normalized spacial score (nSPS) is 18.3. The highest BCUT2D eigenvalue weighted by Gasteiger charge is 2.30. The number of thioether (sulfide) groups is 1. The van der Waals surface area contributed by atoms with E-state index in [2.05, 4.69) is 10.2 Å². The minimum atomic E-state index is -0.339. The molecule has 27 heavy (non-hydrogen) atoms. The molecule has 2 atom stereocenters. The largest absolute Gasteiger partial charge is 0.369 e. The molecule has 7 nitrogen and oxygen atoms in total. The third kappa shape index (κ3) is 4.44. The van der Waals surface area contributed by atoms with E-state index in [1.165, 1.54) is 11.8 Å². The summed E-state index contributed by atoms with van der Waals surface area (Å²) >= 11 is 7.29. The number of piperidine rings is 1. The third-order valence-corrected chi connectivity index (χ3v) is 6.08. The average molecular weight is 408 g/mol. The number of aromatic nitrogens is 3. The Balaban J connectivity index is 1.69. The Hall–Kier alpha value is -2.06. The highest BCUT2D eigenvalue weighted by atomic mass is 35.5. The van der Waals surface area contributed by atoms with Gasteiger partial charge in [-0.1, -0.05) is 23.4 Å². The van der Waals surface area contributed by atoms with E-state index >= 15 is 0 Å². The predicted molar refractivity (Wildman–Crippen MR) is 105 cm³/mol. The van der Waals surface area contributed by atoms with Gasteiger partial charge in [-0.05, 0) is 44.0 Å². The van der Waals surface area contributed by atoms with Gasteiger partial charge >= 0.3 is 0 Å². The van der Waals surface area contributed by atoms with Gasteiger partial charge in [0.2, 0.25) is 11.8 Å². The van der Waals surface area contributed by atoms with Gasteiger partial charge in [-0.15, -0.1) is 10.2 Å². The Morgan fingerprint density at radius 1 is 1.30 bits per heavy atom. The van der Waals surface area contributed by atoms with E-state index in [0.29, 0.717) is 29.1 Å². The van der Waals surface area contributed by atoms with Crippen molar-refractivity contribution in [2.45, 2.75) is 30.2 Å². The first-order chi connectivity index (χ1) is 12.9. The molecule has 1 aliphatic heterocycles. The van der Waals surface area contributed by atoms with Crippen molar-refractivity contribution in [2.24, 2.45) is 18.7 Å². The van der Waals surface area contributed by atoms with Gasteiger partial charge in [-0.25, -0.2) is 0 Å². The standard InChI is InChI=1S/C18H22ClN5O2S/c1-11(17(26)24-9-3-4-13(10-24)15(20)25)27-18-22-21-16(23(18)2)12-5-7-14(19)8-6-12/h5-8,11,13H,3-4,9-10H2,1-2H3,(H2,20,25). The monoisotopic (exact) mass is 407 g/mol. The highest BCUT2D eigenvalue weighted by molar-refractivity contribution is 8.00. The molecular formula is C18H22ClN5O2S. The molecule has 0 radical (unpaired) electrons. The van der Waals surface area contributed by atoms with Crippen molar-refractivity contribution in [2.75, 3.05) is 13.1 Å². The number of hydrogen-bond acceptors (Lipinski definition) is 5. The molecule has 1 aliphatic rings. The number of nitrogens with zero attached hydrogens (tertiary/aromatic N) is 4. The number of likely N-dealkylation sites (tertiary alicyclic amines) is 1. The number of primary amides is 1. The first-order valence-electron chi connectivity index (χ1n) is 8.77. The van der Waals surface area contributed by atoms with Gasteiger partial charge in [0.05, 0.1) is 11.2 Å². The van der Waals surface area contributed by atoms with Gasteiger partial charge in [0.15, 0.2) is 11.0 Å². The summed E-state index contributed by atoms with van der Waals surface area (Å²) < 4.78 is 1.86. The molecule has 2 unspecified atom stereocenters. The minimum absolute atomic E-state index is 0.0120. The molecule has 1 aromatic carbocycles. The van der Waals surface area contributed by atoms with E-state index in [4.69, 9.17) is 17.3 Å². The van der Waals surface area contributed by atoms with Gasteiger partial charge in [0, 0.05) is 30.7 Å². The first kappa shape index (κ1) is 19.7. The van der Waals surface area contributed by atoms with Crippen LogP contribution in [0.1, 0.15) is 19.8 Å². The van der Waals surface area contributed by atoms with Crippen LogP contribution in [-0.2, 0) is 16.6 Å². The van der Waals surface area contributed by atoms with Crippen LogP contribution in [0.3, 0.4) is 0 Å². The van der Waals surface area contributed by atoms with Gasteiger partial charge in [-0.2, -0.15) is 0 Å². The van der Waals surface area contributed by atoms with Crippen molar-refractivity contribution in [3.05, 3.63) is 29.3 Å². The molecule has 0 aliphatic carbocycles. The molecule has 1 aromatic heterocycles. The second-order valence-electron chi connectivity index (χ2n) is 6.66. The summed E-state index contributed by atoms with van der Waals surface area (Å²) in [5, 5.41) is 9.44. The van der Waals surface area contributed by atoms with Crippen LogP contribution >= 0.6 is 23.4 Å². The van der Waals surface area contributed by atoms with Crippen molar-refractivity contribution < 1.29 is 9.59 Å². The van der Waals surface area contributed by atoms with Gasteiger partial charge in [0.1, 0.15) is 0 Å². The van der Waals surface area contributed by atoms with E-state index in [0.717, 1.165) is 18.4 Å². The molecule has 9 heteroatoms. The fourth-order valence-electron chi connectivity index (χ4n) is 3.14. The minimum Gasteiger partial charge on any atom is -0.369 e. The Kier molecular flexibility index (Phi) is 6.06. The van der Waals surface area contributed by atoms with Gasteiger partial charge < -0.3 is 15.2 Å². The maximum atomic E-state index is 12.8. The van der Waals surface area contributed by atoms with E-state index in [9.17, 15) is 9.59 Å². The lowest BCUT2D eigenvalue weighted by Crippen LogP contribution is -2.46. The van der Waals surface area contributed by atoms with Crippen LogP contribution in [-0.4, -0.2) is 49.8 Å². The van der Waals surface area contributed by atoms with Crippen LogP contribution < -0.4 is 5.73 Å². The molecule has 0 saturated carbocycles. The molecule has 3 rings (SSSR count). The Labute approximate surface area is 167 Å². The fraction of sp³-hybridized carbons (Fsp3) is 0.444. The smallest absolute Gasteiger partial charge is 0.235 e. The zero-order valence-electron chi connectivity index (χ0n) is 15.3. The van der Waals surface area contributed by atoms with Crippen LogP contribution in [0, 0.1) is 5.92 Å². The summed E-state index contributed by atoms with van der Waals surface area (Å²) in [6.45, 7) is 2.90. The number of halogens is 1. The van der Waals surface area contributed by atoms with E-state index < -0.39 is 0 Å². The molecular weight excluding hydrogens is 386 g/mol. The molecule has 2 aromatic rings. The number of rotatable bonds is 5. The van der Waals surface area contributed by atoms with E-state index in [1.807, 2.05) is 30.7 Å². The van der Waals surface area contributed by atoms with Crippen molar-refractivity contribution in [3.63, 3.8) is 0 Å². The lowest BCUT2D eigenvalue weighted by atomic mass is 9.97. The molecule has 0 bridgehead atoms. The number of carbonyl (C=O) groups excluding carboxylic acids is 2. The van der Waals surface area contributed by atoms with Crippen molar-refractivity contribution >= 4 is 35.2 Å². The maximum absolute atomic E-state index is 12.8. The molecule has 2 heterocycles. The lowest BCUT2D eigenvalue weighted by Gasteiger charge is -2.32. The maximum Gasteiger partial charge on any atom is 0.235 e. The summed E-state index contributed by atoms with van der Waals surface area (Å²) in [5.41, 5.74) is 6.31. The molecule has 1 fully saturated rings. The Bertz CT molecular complexity index is 839. The summed E-state index contributed by atoms with van der Waals surface area (Å²) in [5.74, 6) is 0.0996. The van der Waals surface area contributed by atoms with Crippen molar-refractivity contribution in [1.82, 2.24) is 19.7 Å². The summed E-state index contributed by atoms with van der Waals surface area (Å²) in [6.07, 6.45) is 1.54.